The lowest BCUT2D eigenvalue weighted by molar-refractivity contribution is -0.121. The molecule has 34 heavy (non-hydrogen) atoms. The molecule has 0 bridgehead atoms. The summed E-state index contributed by atoms with van der Waals surface area (Å²) in [4.78, 5) is 17.2. The summed E-state index contributed by atoms with van der Waals surface area (Å²) in [6.45, 7) is 1.85. The molecule has 2 aromatic carbocycles. The largest absolute Gasteiger partial charge is 0.455 e. The summed E-state index contributed by atoms with van der Waals surface area (Å²) in [5, 5.41) is 12.1. The highest BCUT2D eigenvalue weighted by Gasteiger charge is 2.20. The second-order valence-electron chi connectivity index (χ2n) is 7.47. The van der Waals surface area contributed by atoms with E-state index in [1.165, 1.54) is 6.21 Å². The Labute approximate surface area is 198 Å². The topological polar surface area (TPSA) is 137 Å². The molecule has 0 aliphatic rings. The van der Waals surface area contributed by atoms with Crippen molar-refractivity contribution in [3.8, 4) is 22.8 Å². The maximum Gasteiger partial charge on any atom is 0.260 e. The molecule has 170 valence electrons. The number of nitrogens with two attached hydrogens (primary N) is 1. The van der Waals surface area contributed by atoms with Crippen LogP contribution in [0.3, 0.4) is 0 Å². The Morgan fingerprint density at radius 1 is 1.21 bits per heavy atom. The predicted molar refractivity (Wildman–Crippen MR) is 127 cm³/mol. The fraction of sp³-hybridized carbons (Fsp3) is 0.0870. The van der Waals surface area contributed by atoms with Crippen molar-refractivity contribution >= 4 is 40.6 Å². The number of anilines is 1. The molecule has 1 amide bonds. The quantitative estimate of drug-likeness (QED) is 0.279. The summed E-state index contributed by atoms with van der Waals surface area (Å²) in [6.07, 6.45) is 1.42. The first-order valence-corrected chi connectivity index (χ1v) is 10.6. The van der Waals surface area contributed by atoms with Crippen LogP contribution in [0.2, 0.25) is 5.02 Å². The average Bonchev–Trinajstić information content (AvgIpc) is 3.55. The summed E-state index contributed by atoms with van der Waals surface area (Å²) >= 11 is 6.19. The summed E-state index contributed by atoms with van der Waals surface area (Å²) in [7, 11) is 0. The Morgan fingerprint density at radius 2 is 2.06 bits per heavy atom. The van der Waals surface area contributed by atoms with E-state index in [4.69, 9.17) is 26.4 Å². The first-order chi connectivity index (χ1) is 16.5. The van der Waals surface area contributed by atoms with E-state index in [0.717, 1.165) is 16.6 Å². The molecule has 0 radical (unpaired) electrons. The van der Waals surface area contributed by atoms with Gasteiger partial charge in [-0.2, -0.15) is 5.10 Å². The minimum atomic E-state index is -0.382. The fourth-order valence-electron chi connectivity index (χ4n) is 3.44. The van der Waals surface area contributed by atoms with Gasteiger partial charge in [-0.1, -0.05) is 35.9 Å². The van der Waals surface area contributed by atoms with Crippen molar-refractivity contribution < 1.29 is 13.8 Å². The van der Waals surface area contributed by atoms with E-state index in [2.05, 4.69) is 25.8 Å². The zero-order valence-electron chi connectivity index (χ0n) is 17.9. The van der Waals surface area contributed by atoms with Crippen LogP contribution in [0.1, 0.15) is 11.3 Å². The summed E-state index contributed by atoms with van der Waals surface area (Å²) in [6, 6.07) is 16.6. The molecule has 0 saturated carbocycles. The maximum absolute atomic E-state index is 12.6. The number of carbonyl (C=O) groups is 1. The predicted octanol–water partition coefficient (Wildman–Crippen LogP) is 4.04. The van der Waals surface area contributed by atoms with Crippen molar-refractivity contribution in [3.63, 3.8) is 0 Å². The molecule has 0 unspecified atom stereocenters. The highest BCUT2D eigenvalue weighted by atomic mass is 35.5. The van der Waals surface area contributed by atoms with Gasteiger partial charge in [0.1, 0.15) is 18.1 Å². The number of hydrazone groups is 1. The summed E-state index contributed by atoms with van der Waals surface area (Å²) in [5.41, 5.74) is 11.8. The van der Waals surface area contributed by atoms with Gasteiger partial charge in [-0.15, -0.1) is 0 Å². The van der Waals surface area contributed by atoms with Gasteiger partial charge < -0.3 is 14.7 Å². The molecular weight excluding hydrogens is 458 g/mol. The number of hydrogen-bond acceptors (Lipinski definition) is 8. The number of nitrogens with zero attached hydrogens (tertiary/aromatic N) is 5. The zero-order chi connectivity index (χ0) is 23.7. The van der Waals surface area contributed by atoms with E-state index in [1.54, 1.807) is 10.6 Å². The smallest absolute Gasteiger partial charge is 0.260 e. The Balaban J connectivity index is 1.31. The number of fused-ring (bicyclic) bond motifs is 1. The lowest BCUT2D eigenvalue weighted by atomic mass is 10.1. The first kappa shape index (κ1) is 21.4. The monoisotopic (exact) mass is 475 g/mol. The number of imidazole rings is 1. The van der Waals surface area contributed by atoms with E-state index >= 15 is 0 Å². The van der Waals surface area contributed by atoms with Crippen LogP contribution < -0.4 is 11.2 Å². The first-order valence-electron chi connectivity index (χ1n) is 10.2. The number of nitrogens with one attached hydrogen (secondary N) is 1. The van der Waals surface area contributed by atoms with Gasteiger partial charge in [-0.3, -0.25) is 4.79 Å². The number of amides is 1. The molecular formula is C23H18ClN7O3. The van der Waals surface area contributed by atoms with Crippen molar-refractivity contribution in [2.24, 2.45) is 5.10 Å². The van der Waals surface area contributed by atoms with Crippen LogP contribution >= 0.6 is 11.6 Å². The highest BCUT2D eigenvalue weighted by Crippen LogP contribution is 2.27. The maximum atomic E-state index is 12.6. The van der Waals surface area contributed by atoms with Crippen molar-refractivity contribution in [2.75, 3.05) is 5.73 Å². The van der Waals surface area contributed by atoms with Crippen LogP contribution in [0, 0.1) is 6.92 Å². The third kappa shape index (κ3) is 4.14. The number of benzene rings is 2. The van der Waals surface area contributed by atoms with E-state index in [1.807, 2.05) is 55.5 Å². The van der Waals surface area contributed by atoms with Gasteiger partial charge in [-0.25, -0.2) is 15.0 Å². The van der Waals surface area contributed by atoms with Crippen molar-refractivity contribution in [1.29, 1.82) is 0 Å². The number of hydrogen-bond donors (Lipinski definition) is 2. The van der Waals surface area contributed by atoms with Crippen LogP contribution in [-0.2, 0) is 11.3 Å². The lowest BCUT2D eigenvalue weighted by Crippen LogP contribution is -2.23. The van der Waals surface area contributed by atoms with Crippen LogP contribution in [0.15, 0.2) is 68.7 Å². The normalized spacial score (nSPS) is 11.5. The molecule has 5 rings (SSSR count). The standard InChI is InChI=1S/C23H18ClN7O3/c1-13-6-7-14(10-16(13)24)19-9-8-15(33-19)11-26-28-20(32)12-31-18-5-3-2-4-17(18)27-23(31)21-22(25)30-34-29-21/h2-11H,12H2,1H3,(H2,25,30)(H,28,32)/b26-11+. The molecule has 5 aromatic rings. The molecule has 11 heteroatoms. The number of rotatable bonds is 6. The van der Waals surface area contributed by atoms with E-state index < -0.39 is 0 Å². The zero-order valence-corrected chi connectivity index (χ0v) is 18.7. The molecule has 0 fully saturated rings. The molecule has 0 aliphatic carbocycles. The van der Waals surface area contributed by atoms with Crippen LogP contribution in [-0.4, -0.2) is 32.0 Å². The second kappa shape index (κ2) is 8.83. The number of para-hydroxylation sites is 2. The number of halogens is 1. The number of carbonyl (C=O) groups excluding carboxylic acids is 1. The van der Waals surface area contributed by atoms with E-state index in [9.17, 15) is 4.79 Å². The number of aryl methyl sites for hydroxylation is 1. The number of nitrogen functional groups attached to an aromatic ring is 1. The minimum absolute atomic E-state index is 0.0786. The molecule has 3 aromatic heterocycles. The lowest BCUT2D eigenvalue weighted by Gasteiger charge is -2.06. The fourth-order valence-corrected chi connectivity index (χ4v) is 3.62. The number of aromatic nitrogens is 4. The Kier molecular flexibility index (Phi) is 5.56. The van der Waals surface area contributed by atoms with Gasteiger partial charge in [0.25, 0.3) is 5.91 Å². The molecule has 0 atom stereocenters. The summed E-state index contributed by atoms with van der Waals surface area (Å²) in [5.74, 6) is 1.18. The molecule has 10 nitrogen and oxygen atoms in total. The molecule has 0 spiro atoms. The molecule has 3 heterocycles. The van der Waals surface area contributed by atoms with Crippen LogP contribution in [0.5, 0.6) is 0 Å². The molecule has 0 saturated heterocycles. The van der Waals surface area contributed by atoms with E-state index in [0.29, 0.717) is 27.9 Å². The van der Waals surface area contributed by atoms with Crippen molar-refractivity contribution in [2.45, 2.75) is 13.5 Å². The van der Waals surface area contributed by atoms with Gasteiger partial charge in [0, 0.05) is 10.6 Å². The third-order valence-corrected chi connectivity index (χ3v) is 5.55. The molecule has 0 aliphatic heterocycles. The van der Waals surface area contributed by atoms with Gasteiger partial charge in [0.15, 0.2) is 17.3 Å². The Bertz CT molecular complexity index is 1530. The Morgan fingerprint density at radius 3 is 2.85 bits per heavy atom. The minimum Gasteiger partial charge on any atom is -0.455 e. The summed E-state index contributed by atoms with van der Waals surface area (Å²) < 4.78 is 12.1. The number of furan rings is 1. The van der Waals surface area contributed by atoms with Gasteiger partial charge in [-0.05, 0) is 53.1 Å². The van der Waals surface area contributed by atoms with Crippen LogP contribution in [0.4, 0.5) is 5.82 Å². The average molecular weight is 476 g/mol. The van der Waals surface area contributed by atoms with Gasteiger partial charge >= 0.3 is 0 Å². The molecule has 3 N–H and O–H groups in total. The Hall–Kier alpha value is -4.44. The van der Waals surface area contributed by atoms with Crippen LogP contribution in [0.25, 0.3) is 33.9 Å². The highest BCUT2D eigenvalue weighted by molar-refractivity contribution is 6.31. The van der Waals surface area contributed by atoms with Gasteiger partial charge in [0.2, 0.25) is 0 Å². The van der Waals surface area contributed by atoms with Gasteiger partial charge in [0.05, 0.1) is 17.2 Å². The van der Waals surface area contributed by atoms with Crippen molar-refractivity contribution in [3.05, 3.63) is 70.9 Å². The third-order valence-electron chi connectivity index (χ3n) is 5.15. The SMILES string of the molecule is Cc1ccc(-c2ccc(/C=N/NC(=O)Cn3c(-c4nonc4N)nc4ccccc43)o2)cc1Cl. The van der Waals surface area contributed by atoms with Crippen molar-refractivity contribution in [1.82, 2.24) is 25.3 Å². The second-order valence-corrected chi connectivity index (χ2v) is 7.87. The van der Waals surface area contributed by atoms with E-state index in [-0.39, 0.29) is 24.0 Å².